The second kappa shape index (κ2) is 24.1. The van der Waals surface area contributed by atoms with E-state index in [4.69, 9.17) is 10.2 Å². The Labute approximate surface area is 330 Å². The molecular weight excluding hydrogens is 754 g/mol. The zero-order chi connectivity index (χ0) is 43.6. The Morgan fingerprint density at radius 3 is 1.63 bits per heavy atom. The third-order valence-corrected chi connectivity index (χ3v) is 9.00. The van der Waals surface area contributed by atoms with Gasteiger partial charge < -0.3 is 52.1 Å². The van der Waals surface area contributed by atoms with E-state index in [2.05, 4.69) is 31.9 Å². The fourth-order valence-corrected chi connectivity index (χ4v) is 5.97. The molecule has 9 N–H and O–H groups in total. The first-order valence-corrected chi connectivity index (χ1v) is 18.9. The number of carboxylic acid groups (broad SMARTS) is 3. The van der Waals surface area contributed by atoms with Crippen molar-refractivity contribution in [3.05, 3.63) is 0 Å². The monoisotopic (exact) mass is 811 g/mol. The number of carboxylic acids is 3. The number of aliphatic carboxylic acids is 3. The van der Waals surface area contributed by atoms with Gasteiger partial charge in [-0.1, -0.05) is 41.0 Å². The van der Waals surface area contributed by atoms with E-state index in [9.17, 15) is 57.8 Å². The van der Waals surface area contributed by atoms with Gasteiger partial charge in [-0.2, -0.15) is 0 Å². The fourth-order valence-electron chi connectivity index (χ4n) is 5.97. The molecule has 0 aliphatic carbocycles. The molecule has 1 rings (SSSR count). The molecule has 1 saturated heterocycles. The van der Waals surface area contributed by atoms with Crippen LogP contribution in [0.1, 0.15) is 99.3 Å². The van der Waals surface area contributed by atoms with Crippen LogP contribution in [-0.2, 0) is 52.7 Å². The van der Waals surface area contributed by atoms with Crippen molar-refractivity contribution in [1.82, 2.24) is 36.8 Å². The Morgan fingerprint density at radius 2 is 1.14 bits per heavy atom. The molecule has 320 valence electrons. The molecule has 1 fully saturated rings. The fraction of sp³-hybridized carbons (Fsp3) is 0.694. The minimum Gasteiger partial charge on any atom is -0.481 e. The van der Waals surface area contributed by atoms with Gasteiger partial charge in [0.2, 0.25) is 41.2 Å². The first kappa shape index (κ1) is 49.4. The molecule has 1 heterocycles. The molecule has 0 saturated carbocycles. The maximum atomic E-state index is 14.0. The molecule has 0 radical (unpaired) electrons. The first-order valence-electron chi connectivity index (χ1n) is 18.9. The maximum absolute atomic E-state index is 14.0. The molecule has 21 nitrogen and oxygen atoms in total. The molecule has 21 heteroatoms. The van der Waals surface area contributed by atoms with Crippen LogP contribution in [-0.4, -0.2) is 135 Å². The Bertz CT molecular complexity index is 1520. The number of hydrogen-bond acceptors (Lipinski definition) is 11. The molecule has 6 atom stereocenters. The van der Waals surface area contributed by atoms with Gasteiger partial charge >= 0.3 is 17.9 Å². The van der Waals surface area contributed by atoms with Crippen LogP contribution < -0.4 is 31.9 Å². The average molecular weight is 812 g/mol. The minimum absolute atomic E-state index is 0.0893. The maximum Gasteiger partial charge on any atom is 0.305 e. The van der Waals surface area contributed by atoms with Crippen molar-refractivity contribution in [1.29, 1.82) is 0 Å². The molecule has 0 spiro atoms. The number of Topliss-reactive ketones (excluding diaryl/α,β-unsaturated/α-hetero) is 1. The highest BCUT2D eigenvalue weighted by Gasteiger charge is 2.41. The average Bonchev–Trinajstić information content (AvgIpc) is 3.61. The van der Waals surface area contributed by atoms with E-state index in [1.807, 2.05) is 0 Å². The topological polar surface area (TPSA) is 324 Å². The molecule has 0 aromatic heterocycles. The van der Waals surface area contributed by atoms with Gasteiger partial charge in [0.15, 0.2) is 0 Å². The van der Waals surface area contributed by atoms with Crippen molar-refractivity contribution in [2.24, 2.45) is 11.8 Å². The summed E-state index contributed by atoms with van der Waals surface area (Å²) >= 11 is 0. The normalized spacial score (nSPS) is 16.3. The molecule has 0 aromatic rings. The molecule has 7 amide bonds. The lowest BCUT2D eigenvalue weighted by Gasteiger charge is -2.33. The lowest BCUT2D eigenvalue weighted by atomic mass is 9.98. The summed E-state index contributed by atoms with van der Waals surface area (Å²) in [4.78, 5) is 139. The standard InChI is InChI=1S/C36H57N7O14/c1-7-9-21(30(51)35(56)37-16-15-27(49)50)39-33(54)24-10-8-17-43(24)36(57)29(19(4)5)42-34(55)28(18(2)3)41-32(53)23(12-14-26(47)48)40-31(52)22(38-20(6)44)11-13-25(45)46/h18-19,21-24,28-29H,7-17H2,1-6H3,(H,37,56)(H,38,44)(H,39,54)(H,40,52)(H,41,53)(H,42,55)(H,45,46)(H,47,48)(H,49,50)/t21-,22-,23-,24-,28-,29-/m0/s1. The molecule has 0 aromatic carbocycles. The van der Waals surface area contributed by atoms with Crippen LogP contribution >= 0.6 is 0 Å². The van der Waals surface area contributed by atoms with E-state index in [1.54, 1.807) is 34.6 Å². The summed E-state index contributed by atoms with van der Waals surface area (Å²) in [6.07, 6.45) is -1.17. The van der Waals surface area contributed by atoms with Crippen LogP contribution in [0.2, 0.25) is 0 Å². The lowest BCUT2D eigenvalue weighted by Crippen LogP contribution is -2.61. The molecule has 0 bridgehead atoms. The first-order chi connectivity index (χ1) is 26.6. The van der Waals surface area contributed by atoms with E-state index in [1.165, 1.54) is 4.90 Å². The Kier molecular flexibility index (Phi) is 20.9. The van der Waals surface area contributed by atoms with Crippen molar-refractivity contribution >= 4 is 65.0 Å². The smallest absolute Gasteiger partial charge is 0.305 e. The number of likely N-dealkylation sites (tertiary alicyclic amines) is 1. The van der Waals surface area contributed by atoms with Gasteiger partial charge in [-0.25, -0.2) is 0 Å². The van der Waals surface area contributed by atoms with Crippen LogP contribution in [0.3, 0.4) is 0 Å². The van der Waals surface area contributed by atoms with Gasteiger partial charge in [0.25, 0.3) is 5.91 Å². The largest absolute Gasteiger partial charge is 0.481 e. The predicted molar refractivity (Wildman–Crippen MR) is 199 cm³/mol. The van der Waals surface area contributed by atoms with E-state index < -0.39 is 139 Å². The lowest BCUT2D eigenvalue weighted by molar-refractivity contribution is -0.144. The van der Waals surface area contributed by atoms with Crippen molar-refractivity contribution in [2.45, 2.75) is 136 Å². The number of nitrogens with one attached hydrogen (secondary N) is 6. The zero-order valence-electron chi connectivity index (χ0n) is 33.2. The number of amides is 7. The van der Waals surface area contributed by atoms with Crippen LogP contribution in [0.5, 0.6) is 0 Å². The molecule has 0 unspecified atom stereocenters. The van der Waals surface area contributed by atoms with E-state index in [0.29, 0.717) is 12.8 Å². The highest BCUT2D eigenvalue weighted by Crippen LogP contribution is 2.21. The van der Waals surface area contributed by atoms with E-state index >= 15 is 0 Å². The van der Waals surface area contributed by atoms with Gasteiger partial charge in [-0.15, -0.1) is 0 Å². The number of ketones is 1. The van der Waals surface area contributed by atoms with Crippen molar-refractivity contribution in [3.63, 3.8) is 0 Å². The van der Waals surface area contributed by atoms with Gasteiger partial charge in [0.1, 0.15) is 30.2 Å². The molecular formula is C36H57N7O14. The third kappa shape index (κ3) is 17.0. The van der Waals surface area contributed by atoms with Crippen molar-refractivity contribution in [2.75, 3.05) is 13.1 Å². The van der Waals surface area contributed by atoms with E-state index in [0.717, 1.165) is 6.92 Å². The number of carbonyl (C=O) groups excluding carboxylic acids is 8. The third-order valence-electron chi connectivity index (χ3n) is 9.00. The SMILES string of the molecule is CCC[C@H](NC(=O)[C@@H]1CCCN1C(=O)[C@@H](NC(=O)[C@@H](NC(=O)[C@H](CCC(=O)O)NC(=O)[C@H](CCC(=O)O)NC(C)=O)C(C)C)C(C)C)C(=O)C(=O)NCCC(=O)O. The van der Waals surface area contributed by atoms with Crippen molar-refractivity contribution < 1.29 is 68.1 Å². The predicted octanol–water partition coefficient (Wildman–Crippen LogP) is -1.58. The second-order valence-corrected chi connectivity index (χ2v) is 14.4. The number of nitrogens with zero attached hydrogens (tertiary/aromatic N) is 1. The van der Waals surface area contributed by atoms with Gasteiger partial charge in [-0.05, 0) is 43.9 Å². The van der Waals surface area contributed by atoms with Gasteiger partial charge in [-0.3, -0.25) is 52.7 Å². The highest BCUT2D eigenvalue weighted by atomic mass is 16.4. The van der Waals surface area contributed by atoms with Crippen LogP contribution in [0, 0.1) is 11.8 Å². The summed E-state index contributed by atoms with van der Waals surface area (Å²) < 4.78 is 0. The van der Waals surface area contributed by atoms with E-state index in [-0.39, 0.29) is 32.4 Å². The number of rotatable bonds is 25. The summed E-state index contributed by atoms with van der Waals surface area (Å²) in [6, 6.07) is -7.75. The summed E-state index contributed by atoms with van der Waals surface area (Å²) in [5.41, 5.74) is 0. The molecule has 1 aliphatic rings. The quantitative estimate of drug-likeness (QED) is 0.0471. The zero-order valence-corrected chi connectivity index (χ0v) is 33.2. The second-order valence-electron chi connectivity index (χ2n) is 14.4. The van der Waals surface area contributed by atoms with Gasteiger partial charge in [0, 0.05) is 32.9 Å². The summed E-state index contributed by atoms with van der Waals surface area (Å²) in [5.74, 6) is -11.7. The van der Waals surface area contributed by atoms with Crippen molar-refractivity contribution in [3.8, 4) is 0 Å². The van der Waals surface area contributed by atoms with Crippen LogP contribution in [0.25, 0.3) is 0 Å². The van der Waals surface area contributed by atoms with Crippen LogP contribution in [0.15, 0.2) is 0 Å². The minimum atomic E-state index is -1.53. The highest BCUT2D eigenvalue weighted by molar-refractivity contribution is 6.38. The Hall–Kier alpha value is -5.63. The Balaban J connectivity index is 3.21. The number of carbonyl (C=O) groups is 11. The summed E-state index contributed by atoms with van der Waals surface area (Å²) in [7, 11) is 0. The number of hydrogen-bond donors (Lipinski definition) is 9. The van der Waals surface area contributed by atoms with Gasteiger partial charge in [0.05, 0.1) is 12.5 Å². The van der Waals surface area contributed by atoms with Crippen LogP contribution in [0.4, 0.5) is 0 Å². The molecule has 1 aliphatic heterocycles. The Morgan fingerprint density at radius 1 is 0.632 bits per heavy atom. The molecule has 57 heavy (non-hydrogen) atoms. The summed E-state index contributed by atoms with van der Waals surface area (Å²) in [6.45, 7) is 9.11. The summed E-state index contributed by atoms with van der Waals surface area (Å²) in [5, 5.41) is 41.7.